The second-order valence-electron chi connectivity index (χ2n) is 3.32. The van der Waals surface area contributed by atoms with E-state index in [4.69, 9.17) is 0 Å². The first-order valence-electron chi connectivity index (χ1n) is 4.68. The fraction of sp³-hybridized carbons (Fsp3) is 0.182. The average Bonchev–Trinajstić information content (AvgIpc) is 2.65. The van der Waals surface area contributed by atoms with Crippen LogP contribution in [0, 0.1) is 0 Å². The van der Waals surface area contributed by atoms with Crippen LogP contribution in [0.25, 0.3) is 10.9 Å². The van der Waals surface area contributed by atoms with Gasteiger partial charge >= 0.3 is 5.97 Å². The van der Waals surface area contributed by atoms with Gasteiger partial charge in [-0.25, -0.2) is 4.79 Å². The first-order valence-corrected chi connectivity index (χ1v) is 4.68. The molecule has 0 spiro atoms. The van der Waals surface area contributed by atoms with E-state index in [9.17, 15) is 9.59 Å². The summed E-state index contributed by atoms with van der Waals surface area (Å²) in [5.74, 6) is -0.471. The molecular weight excluding hydrogens is 208 g/mol. The van der Waals surface area contributed by atoms with Gasteiger partial charge in [-0.2, -0.15) is 5.10 Å². The molecule has 0 N–H and O–H groups in total. The third-order valence-corrected chi connectivity index (χ3v) is 2.42. The molecule has 0 fully saturated rings. The van der Waals surface area contributed by atoms with Crippen molar-refractivity contribution in [1.29, 1.82) is 0 Å². The molecule has 0 aliphatic heterocycles. The second-order valence-corrected chi connectivity index (χ2v) is 3.32. The van der Waals surface area contributed by atoms with Gasteiger partial charge in [-0.1, -0.05) is 6.07 Å². The van der Waals surface area contributed by atoms with E-state index in [0.29, 0.717) is 17.2 Å². The lowest BCUT2D eigenvalue weighted by molar-refractivity contribution is 0.0603. The average molecular weight is 218 g/mol. The maximum Gasteiger partial charge on any atom is 0.338 e. The van der Waals surface area contributed by atoms with Gasteiger partial charge < -0.3 is 4.74 Å². The Morgan fingerprint density at radius 1 is 1.50 bits per heavy atom. The monoisotopic (exact) mass is 218 g/mol. The summed E-state index contributed by atoms with van der Waals surface area (Å²) in [7, 11) is 3.02. The molecule has 0 amide bonds. The molecule has 0 aliphatic rings. The van der Waals surface area contributed by atoms with Gasteiger partial charge in [0.15, 0.2) is 6.29 Å². The summed E-state index contributed by atoms with van der Waals surface area (Å²) >= 11 is 0. The van der Waals surface area contributed by atoms with Crippen molar-refractivity contribution in [3.05, 3.63) is 29.5 Å². The molecule has 0 aliphatic carbocycles. The van der Waals surface area contributed by atoms with Crippen LogP contribution >= 0.6 is 0 Å². The predicted molar refractivity (Wildman–Crippen MR) is 57.4 cm³/mol. The lowest BCUT2D eigenvalue weighted by Gasteiger charge is -2.01. The summed E-state index contributed by atoms with van der Waals surface area (Å²) in [4.78, 5) is 22.4. The number of carbonyl (C=O) groups excluding carboxylic acids is 2. The smallest absolute Gasteiger partial charge is 0.338 e. The third-order valence-electron chi connectivity index (χ3n) is 2.42. The van der Waals surface area contributed by atoms with Crippen molar-refractivity contribution in [3.8, 4) is 0 Å². The van der Waals surface area contributed by atoms with Crippen LogP contribution in [0.5, 0.6) is 0 Å². The number of nitrogens with zero attached hydrogens (tertiary/aromatic N) is 2. The number of fused-ring (bicyclic) bond motifs is 1. The van der Waals surface area contributed by atoms with Crippen LogP contribution in [-0.2, 0) is 11.8 Å². The Morgan fingerprint density at radius 2 is 2.25 bits per heavy atom. The molecule has 5 heteroatoms. The standard InChI is InChI=1S/C11H10N2O3/c1-13-9-5-3-4-7(11(15)16-2)10(9)8(6-14)12-13/h3-6H,1-2H3. The molecule has 5 nitrogen and oxygen atoms in total. The number of hydrogen-bond donors (Lipinski definition) is 0. The van der Waals surface area contributed by atoms with E-state index in [1.165, 1.54) is 7.11 Å². The van der Waals surface area contributed by atoms with E-state index in [1.54, 1.807) is 29.9 Å². The van der Waals surface area contributed by atoms with E-state index in [1.807, 2.05) is 0 Å². The minimum absolute atomic E-state index is 0.249. The molecule has 0 saturated carbocycles. The van der Waals surface area contributed by atoms with Crippen molar-refractivity contribution in [2.75, 3.05) is 7.11 Å². The molecule has 2 aromatic rings. The summed E-state index contributed by atoms with van der Waals surface area (Å²) in [5, 5.41) is 4.56. The lowest BCUT2D eigenvalue weighted by atomic mass is 10.1. The van der Waals surface area contributed by atoms with Crippen LogP contribution in [0.2, 0.25) is 0 Å². The zero-order valence-electron chi connectivity index (χ0n) is 8.93. The van der Waals surface area contributed by atoms with Crippen molar-refractivity contribution in [3.63, 3.8) is 0 Å². The molecule has 0 unspecified atom stereocenters. The Labute approximate surface area is 91.6 Å². The Balaban J connectivity index is 2.84. The molecule has 0 atom stereocenters. The Bertz CT molecular complexity index is 572. The summed E-state index contributed by atoms with van der Waals surface area (Å²) in [6.07, 6.45) is 0.634. The van der Waals surface area contributed by atoms with Gasteiger partial charge in [0.1, 0.15) is 5.69 Å². The molecule has 0 radical (unpaired) electrons. The van der Waals surface area contributed by atoms with E-state index >= 15 is 0 Å². The van der Waals surface area contributed by atoms with Crippen molar-refractivity contribution in [2.24, 2.45) is 7.05 Å². The van der Waals surface area contributed by atoms with Crippen molar-refractivity contribution in [1.82, 2.24) is 9.78 Å². The fourth-order valence-corrected chi connectivity index (χ4v) is 1.71. The maximum absolute atomic E-state index is 11.5. The summed E-state index contributed by atoms with van der Waals surface area (Å²) < 4.78 is 6.22. The highest BCUT2D eigenvalue weighted by molar-refractivity contribution is 6.09. The number of ether oxygens (including phenoxy) is 1. The Kier molecular flexibility index (Phi) is 2.44. The van der Waals surface area contributed by atoms with Crippen LogP contribution in [-0.4, -0.2) is 29.1 Å². The third kappa shape index (κ3) is 1.37. The first-order chi connectivity index (χ1) is 7.69. The first kappa shape index (κ1) is 10.4. The molecule has 1 aromatic carbocycles. The van der Waals surface area contributed by atoms with Gasteiger partial charge in [0, 0.05) is 12.4 Å². The number of carbonyl (C=O) groups is 2. The summed E-state index contributed by atoms with van der Waals surface area (Å²) in [6, 6.07) is 5.13. The lowest BCUT2D eigenvalue weighted by Crippen LogP contribution is -2.02. The molecule has 82 valence electrons. The number of esters is 1. The van der Waals surface area contributed by atoms with Crippen LogP contribution in [0.3, 0.4) is 0 Å². The fourth-order valence-electron chi connectivity index (χ4n) is 1.71. The number of hydrogen-bond acceptors (Lipinski definition) is 4. The van der Waals surface area contributed by atoms with Crippen LogP contribution in [0.15, 0.2) is 18.2 Å². The molecular formula is C11H10N2O3. The topological polar surface area (TPSA) is 61.2 Å². The minimum Gasteiger partial charge on any atom is -0.465 e. The highest BCUT2D eigenvalue weighted by atomic mass is 16.5. The molecule has 16 heavy (non-hydrogen) atoms. The second kappa shape index (κ2) is 3.77. The van der Waals surface area contributed by atoms with E-state index in [2.05, 4.69) is 9.84 Å². The summed E-state index contributed by atoms with van der Waals surface area (Å²) in [5.41, 5.74) is 1.33. The summed E-state index contributed by atoms with van der Waals surface area (Å²) in [6.45, 7) is 0. The highest BCUT2D eigenvalue weighted by Crippen LogP contribution is 2.21. The molecule has 1 aromatic heterocycles. The zero-order chi connectivity index (χ0) is 11.7. The quantitative estimate of drug-likeness (QED) is 0.560. The van der Waals surface area contributed by atoms with Crippen molar-refractivity contribution in [2.45, 2.75) is 0 Å². The number of benzene rings is 1. The number of aryl methyl sites for hydroxylation is 1. The number of aldehydes is 1. The largest absolute Gasteiger partial charge is 0.465 e. The molecule has 0 bridgehead atoms. The van der Waals surface area contributed by atoms with Gasteiger partial charge in [-0.05, 0) is 12.1 Å². The Morgan fingerprint density at radius 3 is 2.88 bits per heavy atom. The molecule has 1 heterocycles. The zero-order valence-corrected chi connectivity index (χ0v) is 8.93. The molecule has 2 rings (SSSR count). The van der Waals surface area contributed by atoms with Gasteiger partial charge in [0.05, 0.1) is 18.2 Å². The Hall–Kier alpha value is -2.17. The van der Waals surface area contributed by atoms with Crippen LogP contribution in [0.4, 0.5) is 0 Å². The number of methoxy groups -OCH3 is 1. The SMILES string of the molecule is COC(=O)c1cccc2c1c(C=O)nn2C. The minimum atomic E-state index is -0.471. The van der Waals surface area contributed by atoms with Gasteiger partial charge in [0.25, 0.3) is 0 Å². The van der Waals surface area contributed by atoms with Gasteiger partial charge in [-0.3, -0.25) is 9.48 Å². The van der Waals surface area contributed by atoms with Crippen molar-refractivity contribution >= 4 is 23.2 Å². The predicted octanol–water partition coefficient (Wildman–Crippen LogP) is 1.17. The number of aromatic nitrogens is 2. The van der Waals surface area contributed by atoms with Gasteiger partial charge in [-0.15, -0.1) is 0 Å². The van der Waals surface area contributed by atoms with E-state index < -0.39 is 5.97 Å². The van der Waals surface area contributed by atoms with Crippen LogP contribution < -0.4 is 0 Å². The molecule has 0 saturated heterocycles. The van der Waals surface area contributed by atoms with Crippen LogP contribution in [0.1, 0.15) is 20.8 Å². The normalized spacial score (nSPS) is 10.4. The van der Waals surface area contributed by atoms with E-state index in [-0.39, 0.29) is 5.69 Å². The van der Waals surface area contributed by atoms with Gasteiger partial charge in [0.2, 0.25) is 0 Å². The maximum atomic E-state index is 11.5. The highest BCUT2D eigenvalue weighted by Gasteiger charge is 2.16. The van der Waals surface area contributed by atoms with E-state index in [0.717, 1.165) is 5.52 Å². The van der Waals surface area contributed by atoms with Crippen molar-refractivity contribution < 1.29 is 14.3 Å². The number of rotatable bonds is 2.